The molecule has 0 aliphatic carbocycles. The number of hydrogen-bond donors (Lipinski definition) is 1. The summed E-state index contributed by atoms with van der Waals surface area (Å²) in [6.07, 6.45) is 0.865. The van der Waals surface area contributed by atoms with Gasteiger partial charge in [-0.2, -0.15) is 0 Å². The van der Waals surface area contributed by atoms with Crippen molar-refractivity contribution in [3.8, 4) is 0 Å². The summed E-state index contributed by atoms with van der Waals surface area (Å²) in [6, 6.07) is 3.10. The van der Waals surface area contributed by atoms with E-state index in [1.54, 1.807) is 0 Å². The van der Waals surface area contributed by atoms with Crippen LogP contribution in [-0.4, -0.2) is 42.4 Å². The summed E-state index contributed by atoms with van der Waals surface area (Å²) < 4.78 is 5.28. The van der Waals surface area contributed by atoms with E-state index in [4.69, 9.17) is 21.4 Å². The van der Waals surface area contributed by atoms with Crippen LogP contribution in [0.5, 0.6) is 0 Å². The molecule has 92 valence electrons. The lowest BCUT2D eigenvalue weighted by Gasteiger charge is -2.25. The van der Waals surface area contributed by atoms with Gasteiger partial charge in [-0.25, -0.2) is 9.78 Å². The molecule has 2 heterocycles. The normalized spacial score (nSPS) is 19.3. The quantitative estimate of drug-likeness (QED) is 0.834. The maximum Gasteiger partial charge on any atom is 0.339 e. The average Bonchev–Trinajstić information content (AvgIpc) is 2.80. The lowest BCUT2D eigenvalue weighted by atomic mass is 10.2. The number of hydrogen-bond acceptors (Lipinski definition) is 4. The molecule has 0 radical (unpaired) electrons. The van der Waals surface area contributed by atoms with Gasteiger partial charge in [-0.05, 0) is 18.6 Å². The summed E-state index contributed by atoms with van der Waals surface area (Å²) in [7, 11) is 1.81. The molecule has 0 saturated carbocycles. The third-order valence-corrected chi connectivity index (χ3v) is 3.07. The Balaban J connectivity index is 2.34. The third kappa shape index (κ3) is 2.50. The Hall–Kier alpha value is -1.33. The second kappa shape index (κ2) is 4.89. The predicted molar refractivity (Wildman–Crippen MR) is 63.8 cm³/mol. The molecule has 0 amide bonds. The van der Waals surface area contributed by atoms with Crippen molar-refractivity contribution in [2.75, 3.05) is 25.2 Å². The first-order valence-electron chi connectivity index (χ1n) is 5.30. The van der Waals surface area contributed by atoms with Crippen LogP contribution in [0, 0.1) is 0 Å². The summed E-state index contributed by atoms with van der Waals surface area (Å²) >= 11 is 5.81. The van der Waals surface area contributed by atoms with E-state index in [2.05, 4.69) is 4.98 Å². The SMILES string of the molecule is CN(c1nc(Cl)ccc1C(=O)O)C1CCOC1. The van der Waals surface area contributed by atoms with E-state index in [1.807, 2.05) is 11.9 Å². The van der Waals surface area contributed by atoms with Crippen LogP contribution < -0.4 is 4.90 Å². The highest BCUT2D eigenvalue weighted by Gasteiger charge is 2.25. The van der Waals surface area contributed by atoms with Crippen LogP contribution in [0.2, 0.25) is 5.15 Å². The van der Waals surface area contributed by atoms with Gasteiger partial charge in [0.25, 0.3) is 0 Å². The first kappa shape index (κ1) is 12.1. The Kier molecular flexibility index (Phi) is 3.49. The van der Waals surface area contributed by atoms with Gasteiger partial charge < -0.3 is 14.7 Å². The molecule has 1 saturated heterocycles. The first-order valence-corrected chi connectivity index (χ1v) is 5.68. The van der Waals surface area contributed by atoms with Gasteiger partial charge in [-0.1, -0.05) is 11.6 Å². The summed E-state index contributed by atoms with van der Waals surface area (Å²) in [5.41, 5.74) is 0.156. The monoisotopic (exact) mass is 256 g/mol. The van der Waals surface area contributed by atoms with Crippen LogP contribution >= 0.6 is 11.6 Å². The first-order chi connectivity index (χ1) is 8.09. The molecule has 1 atom stereocenters. The number of likely N-dealkylation sites (N-methyl/N-ethyl adjacent to an activating group) is 1. The van der Waals surface area contributed by atoms with Gasteiger partial charge in [0.15, 0.2) is 0 Å². The molecule has 1 aromatic heterocycles. The number of aromatic carboxylic acids is 1. The second-order valence-electron chi connectivity index (χ2n) is 3.94. The van der Waals surface area contributed by atoms with Gasteiger partial charge in [0.2, 0.25) is 0 Å². The summed E-state index contributed by atoms with van der Waals surface area (Å²) in [5, 5.41) is 9.39. The van der Waals surface area contributed by atoms with Gasteiger partial charge in [0.05, 0.1) is 12.6 Å². The zero-order valence-corrected chi connectivity index (χ0v) is 10.1. The number of carbonyl (C=O) groups is 1. The number of carboxylic acids is 1. The van der Waals surface area contributed by atoms with Gasteiger partial charge in [0, 0.05) is 13.7 Å². The van der Waals surface area contributed by atoms with Crippen molar-refractivity contribution >= 4 is 23.4 Å². The lowest BCUT2D eigenvalue weighted by Crippen LogP contribution is -2.33. The van der Waals surface area contributed by atoms with E-state index < -0.39 is 5.97 Å². The minimum atomic E-state index is -1.00. The van der Waals surface area contributed by atoms with E-state index in [0.717, 1.165) is 6.42 Å². The number of anilines is 1. The summed E-state index contributed by atoms with van der Waals surface area (Å²) in [6.45, 7) is 1.28. The van der Waals surface area contributed by atoms with Gasteiger partial charge >= 0.3 is 5.97 Å². The molecule has 2 rings (SSSR count). The Morgan fingerprint density at radius 2 is 2.41 bits per heavy atom. The van der Waals surface area contributed by atoms with Gasteiger partial charge in [-0.3, -0.25) is 0 Å². The summed E-state index contributed by atoms with van der Waals surface area (Å²) in [5.74, 6) is -0.615. The van der Waals surface area contributed by atoms with Crippen LogP contribution in [0.25, 0.3) is 0 Å². The maximum absolute atomic E-state index is 11.1. The molecule has 1 aromatic rings. The van der Waals surface area contributed by atoms with E-state index in [0.29, 0.717) is 19.0 Å². The molecule has 17 heavy (non-hydrogen) atoms. The van der Waals surface area contributed by atoms with Crippen LogP contribution in [0.15, 0.2) is 12.1 Å². The molecule has 0 bridgehead atoms. The van der Waals surface area contributed by atoms with E-state index in [-0.39, 0.29) is 16.8 Å². The number of rotatable bonds is 3. The highest BCUT2D eigenvalue weighted by molar-refractivity contribution is 6.29. The Morgan fingerprint density at radius 3 is 3.00 bits per heavy atom. The fourth-order valence-electron chi connectivity index (χ4n) is 1.86. The van der Waals surface area contributed by atoms with E-state index in [1.165, 1.54) is 12.1 Å². The van der Waals surface area contributed by atoms with Crippen molar-refractivity contribution < 1.29 is 14.6 Å². The standard InChI is InChI=1S/C11H13ClN2O3/c1-14(7-4-5-17-6-7)10-8(11(15)16)2-3-9(12)13-10/h2-3,7H,4-6H2,1H3,(H,15,16). The molecule has 1 N–H and O–H groups in total. The van der Waals surface area contributed by atoms with E-state index in [9.17, 15) is 4.79 Å². The smallest absolute Gasteiger partial charge is 0.339 e. The molecular weight excluding hydrogens is 244 g/mol. The minimum Gasteiger partial charge on any atom is -0.478 e. The van der Waals surface area contributed by atoms with Crippen molar-refractivity contribution in [3.63, 3.8) is 0 Å². The van der Waals surface area contributed by atoms with E-state index >= 15 is 0 Å². The van der Waals surface area contributed by atoms with Crippen molar-refractivity contribution in [3.05, 3.63) is 22.8 Å². The van der Waals surface area contributed by atoms with Crippen molar-refractivity contribution in [1.82, 2.24) is 4.98 Å². The number of pyridine rings is 1. The summed E-state index contributed by atoms with van der Waals surface area (Å²) in [4.78, 5) is 17.0. The predicted octanol–water partition coefficient (Wildman–Crippen LogP) is 1.66. The zero-order chi connectivity index (χ0) is 12.4. The topological polar surface area (TPSA) is 62.7 Å². The Bertz CT molecular complexity index is 433. The fourth-order valence-corrected chi connectivity index (χ4v) is 2.00. The molecule has 1 aliphatic rings. The Labute approximate surface area is 104 Å². The van der Waals surface area contributed by atoms with Gasteiger partial charge in [0.1, 0.15) is 16.5 Å². The Morgan fingerprint density at radius 1 is 1.65 bits per heavy atom. The van der Waals surface area contributed by atoms with Crippen LogP contribution in [0.3, 0.4) is 0 Å². The maximum atomic E-state index is 11.1. The largest absolute Gasteiger partial charge is 0.478 e. The second-order valence-corrected chi connectivity index (χ2v) is 4.33. The fraction of sp³-hybridized carbons (Fsp3) is 0.455. The average molecular weight is 257 g/mol. The minimum absolute atomic E-state index is 0.152. The van der Waals surface area contributed by atoms with Crippen LogP contribution in [-0.2, 0) is 4.74 Å². The molecule has 1 aliphatic heterocycles. The molecule has 5 nitrogen and oxygen atoms in total. The number of aromatic nitrogens is 1. The highest BCUT2D eigenvalue weighted by atomic mass is 35.5. The molecule has 6 heteroatoms. The van der Waals surface area contributed by atoms with Gasteiger partial charge in [-0.15, -0.1) is 0 Å². The number of ether oxygens (including phenoxy) is 1. The third-order valence-electron chi connectivity index (χ3n) is 2.86. The van der Waals surface area contributed by atoms with Crippen molar-refractivity contribution in [2.45, 2.75) is 12.5 Å². The number of carboxylic acid groups (broad SMARTS) is 1. The number of nitrogens with zero attached hydrogens (tertiary/aromatic N) is 2. The molecular formula is C11H13ClN2O3. The van der Waals surface area contributed by atoms with Crippen LogP contribution in [0.4, 0.5) is 5.82 Å². The number of halogens is 1. The van der Waals surface area contributed by atoms with Crippen molar-refractivity contribution in [1.29, 1.82) is 0 Å². The molecule has 0 aromatic carbocycles. The highest BCUT2D eigenvalue weighted by Crippen LogP contribution is 2.24. The zero-order valence-electron chi connectivity index (χ0n) is 9.39. The molecule has 1 fully saturated rings. The molecule has 0 spiro atoms. The van der Waals surface area contributed by atoms with Crippen LogP contribution in [0.1, 0.15) is 16.8 Å². The lowest BCUT2D eigenvalue weighted by molar-refractivity contribution is 0.0697. The molecule has 1 unspecified atom stereocenters. The van der Waals surface area contributed by atoms with Crippen molar-refractivity contribution in [2.24, 2.45) is 0 Å².